The Hall–Kier alpha value is -2.40. The first-order chi connectivity index (χ1) is 12.2. The topological polar surface area (TPSA) is 56.8 Å². The highest BCUT2D eigenvalue weighted by Gasteiger charge is 2.03. The van der Waals surface area contributed by atoms with Crippen molar-refractivity contribution in [3.63, 3.8) is 0 Å². The van der Waals surface area contributed by atoms with Crippen LogP contribution in [0.15, 0.2) is 48.5 Å². The van der Waals surface area contributed by atoms with E-state index in [1.54, 1.807) is 19.2 Å². The first-order valence-corrected chi connectivity index (χ1v) is 8.47. The molecule has 5 nitrogen and oxygen atoms in total. The third-order valence-electron chi connectivity index (χ3n) is 3.39. The first-order valence-electron chi connectivity index (χ1n) is 8.10. The largest absolute Gasteiger partial charge is 0.497 e. The molecular weight excluding hydrogens is 342 g/mol. The molecule has 0 unspecified atom stereocenters. The van der Waals surface area contributed by atoms with E-state index in [4.69, 9.17) is 25.8 Å². The van der Waals surface area contributed by atoms with Gasteiger partial charge in [0.25, 0.3) is 0 Å². The normalized spacial score (nSPS) is 10.2. The fraction of sp³-hybridized carbons (Fsp3) is 0.316. The van der Waals surface area contributed by atoms with Gasteiger partial charge in [-0.3, -0.25) is 4.79 Å². The third kappa shape index (κ3) is 6.93. The van der Waals surface area contributed by atoms with Crippen molar-refractivity contribution in [2.75, 3.05) is 26.9 Å². The van der Waals surface area contributed by atoms with Crippen LogP contribution in [-0.4, -0.2) is 32.8 Å². The van der Waals surface area contributed by atoms with Gasteiger partial charge in [0, 0.05) is 6.42 Å². The maximum atomic E-state index is 11.8. The molecule has 25 heavy (non-hydrogen) atoms. The van der Waals surface area contributed by atoms with Gasteiger partial charge in [0.1, 0.15) is 23.9 Å². The van der Waals surface area contributed by atoms with Crippen LogP contribution < -0.4 is 19.5 Å². The SMILES string of the molecule is COc1ccc(OCCCC(=O)NCCOc2ccccc2Cl)cc1. The molecule has 0 aliphatic carbocycles. The van der Waals surface area contributed by atoms with Crippen LogP contribution in [-0.2, 0) is 4.79 Å². The summed E-state index contributed by atoms with van der Waals surface area (Å²) in [5.74, 6) is 2.13. The number of hydrogen-bond acceptors (Lipinski definition) is 4. The average molecular weight is 364 g/mol. The van der Waals surface area contributed by atoms with Crippen LogP contribution >= 0.6 is 11.6 Å². The number of benzene rings is 2. The molecule has 134 valence electrons. The molecule has 0 atom stereocenters. The molecule has 0 radical (unpaired) electrons. The summed E-state index contributed by atoms with van der Waals surface area (Å²) in [5, 5.41) is 3.37. The summed E-state index contributed by atoms with van der Waals surface area (Å²) in [5.41, 5.74) is 0. The highest BCUT2D eigenvalue weighted by molar-refractivity contribution is 6.32. The van der Waals surface area contributed by atoms with Crippen molar-refractivity contribution in [3.05, 3.63) is 53.6 Å². The highest BCUT2D eigenvalue weighted by Crippen LogP contribution is 2.22. The Morgan fingerprint density at radius 3 is 2.44 bits per heavy atom. The van der Waals surface area contributed by atoms with Gasteiger partial charge >= 0.3 is 0 Å². The molecule has 0 bridgehead atoms. The Morgan fingerprint density at radius 2 is 1.72 bits per heavy atom. The minimum Gasteiger partial charge on any atom is -0.497 e. The van der Waals surface area contributed by atoms with Gasteiger partial charge in [0.2, 0.25) is 5.91 Å². The zero-order valence-corrected chi connectivity index (χ0v) is 14.9. The molecule has 1 N–H and O–H groups in total. The number of carbonyl (C=O) groups excluding carboxylic acids is 1. The van der Waals surface area contributed by atoms with Gasteiger partial charge in [0.05, 0.1) is 25.3 Å². The average Bonchev–Trinajstić information content (AvgIpc) is 2.64. The van der Waals surface area contributed by atoms with Crippen LogP contribution in [0.2, 0.25) is 5.02 Å². The van der Waals surface area contributed by atoms with Gasteiger partial charge in [-0.1, -0.05) is 23.7 Å². The van der Waals surface area contributed by atoms with Crippen LogP contribution in [0.5, 0.6) is 17.2 Å². The lowest BCUT2D eigenvalue weighted by atomic mass is 10.3. The third-order valence-corrected chi connectivity index (χ3v) is 3.71. The molecule has 0 aliphatic heterocycles. The van der Waals surface area contributed by atoms with E-state index in [-0.39, 0.29) is 5.91 Å². The van der Waals surface area contributed by atoms with Gasteiger partial charge in [0.15, 0.2) is 0 Å². The van der Waals surface area contributed by atoms with E-state index in [0.717, 1.165) is 11.5 Å². The minimum absolute atomic E-state index is 0.0268. The van der Waals surface area contributed by atoms with Crippen molar-refractivity contribution < 1.29 is 19.0 Å². The molecule has 2 rings (SSSR count). The smallest absolute Gasteiger partial charge is 0.220 e. The lowest BCUT2D eigenvalue weighted by Gasteiger charge is -2.09. The monoisotopic (exact) mass is 363 g/mol. The molecule has 1 amide bonds. The molecule has 2 aromatic carbocycles. The Morgan fingerprint density at radius 1 is 1.00 bits per heavy atom. The zero-order chi connectivity index (χ0) is 17.9. The fourth-order valence-electron chi connectivity index (χ4n) is 2.10. The molecule has 0 saturated heterocycles. The Kier molecular flexibility index (Phi) is 7.92. The number of ether oxygens (including phenoxy) is 3. The second kappa shape index (κ2) is 10.5. The predicted molar refractivity (Wildman–Crippen MR) is 97.7 cm³/mol. The lowest BCUT2D eigenvalue weighted by molar-refractivity contribution is -0.121. The number of amides is 1. The van der Waals surface area contributed by atoms with Crippen LogP contribution in [0.1, 0.15) is 12.8 Å². The van der Waals surface area contributed by atoms with E-state index in [9.17, 15) is 4.79 Å². The number of methoxy groups -OCH3 is 1. The molecule has 0 saturated carbocycles. The summed E-state index contributed by atoms with van der Waals surface area (Å²) in [6, 6.07) is 14.6. The maximum Gasteiger partial charge on any atom is 0.220 e. The van der Waals surface area contributed by atoms with Crippen molar-refractivity contribution in [3.8, 4) is 17.2 Å². The van der Waals surface area contributed by atoms with E-state index in [1.165, 1.54) is 0 Å². The lowest BCUT2D eigenvalue weighted by Crippen LogP contribution is -2.28. The van der Waals surface area contributed by atoms with E-state index < -0.39 is 0 Å². The van der Waals surface area contributed by atoms with Crippen LogP contribution in [0.4, 0.5) is 0 Å². The number of para-hydroxylation sites is 1. The fourth-order valence-corrected chi connectivity index (χ4v) is 2.29. The van der Waals surface area contributed by atoms with Gasteiger partial charge in [-0.2, -0.15) is 0 Å². The van der Waals surface area contributed by atoms with E-state index in [0.29, 0.717) is 43.4 Å². The second-order valence-electron chi connectivity index (χ2n) is 5.26. The van der Waals surface area contributed by atoms with Gasteiger partial charge in [-0.05, 0) is 42.8 Å². The summed E-state index contributed by atoms with van der Waals surface area (Å²) >= 11 is 5.98. The van der Waals surface area contributed by atoms with Crippen molar-refractivity contribution >= 4 is 17.5 Å². The summed E-state index contributed by atoms with van der Waals surface area (Å²) in [6.45, 7) is 1.29. The predicted octanol–water partition coefficient (Wildman–Crippen LogP) is 3.70. The Balaban J connectivity index is 1.54. The molecule has 0 aromatic heterocycles. The van der Waals surface area contributed by atoms with Gasteiger partial charge in [-0.25, -0.2) is 0 Å². The summed E-state index contributed by atoms with van der Waals surface area (Å²) in [6.07, 6.45) is 1.05. The summed E-state index contributed by atoms with van der Waals surface area (Å²) in [4.78, 5) is 11.8. The number of halogens is 1. The van der Waals surface area contributed by atoms with E-state index >= 15 is 0 Å². The van der Waals surface area contributed by atoms with Crippen molar-refractivity contribution in [2.45, 2.75) is 12.8 Å². The molecule has 0 heterocycles. The molecule has 2 aromatic rings. The maximum absolute atomic E-state index is 11.8. The quantitative estimate of drug-likeness (QED) is 0.654. The summed E-state index contributed by atoms with van der Waals surface area (Å²) in [7, 11) is 1.62. The first kappa shape index (κ1) is 18.9. The Labute approximate surface area is 152 Å². The zero-order valence-electron chi connectivity index (χ0n) is 14.2. The number of rotatable bonds is 10. The summed E-state index contributed by atoms with van der Waals surface area (Å²) < 4.78 is 16.2. The van der Waals surface area contributed by atoms with Gasteiger partial charge < -0.3 is 19.5 Å². The number of nitrogens with one attached hydrogen (secondary N) is 1. The Bertz CT molecular complexity index is 661. The highest BCUT2D eigenvalue weighted by atomic mass is 35.5. The van der Waals surface area contributed by atoms with Crippen LogP contribution in [0.3, 0.4) is 0 Å². The molecular formula is C19H22ClNO4. The van der Waals surface area contributed by atoms with Crippen molar-refractivity contribution in [2.24, 2.45) is 0 Å². The second-order valence-corrected chi connectivity index (χ2v) is 5.66. The molecule has 0 fully saturated rings. The number of carbonyl (C=O) groups is 1. The molecule has 0 aliphatic rings. The van der Waals surface area contributed by atoms with Crippen molar-refractivity contribution in [1.82, 2.24) is 5.32 Å². The molecule has 6 heteroatoms. The van der Waals surface area contributed by atoms with Crippen molar-refractivity contribution in [1.29, 1.82) is 0 Å². The van der Waals surface area contributed by atoms with Gasteiger partial charge in [-0.15, -0.1) is 0 Å². The van der Waals surface area contributed by atoms with E-state index in [2.05, 4.69) is 5.32 Å². The van der Waals surface area contributed by atoms with E-state index in [1.807, 2.05) is 36.4 Å². The minimum atomic E-state index is -0.0268. The molecule has 0 spiro atoms. The van der Waals surface area contributed by atoms with Crippen LogP contribution in [0, 0.1) is 0 Å². The van der Waals surface area contributed by atoms with Crippen LogP contribution in [0.25, 0.3) is 0 Å². The standard InChI is InChI=1S/C19H22ClNO4/c1-23-15-8-10-16(11-9-15)24-13-4-7-19(22)21-12-14-25-18-6-3-2-5-17(18)20/h2-3,5-6,8-11H,4,7,12-14H2,1H3,(H,21,22). The number of hydrogen-bond donors (Lipinski definition) is 1.